The molecular weight excluding hydrogens is 406 g/mol. The predicted molar refractivity (Wildman–Crippen MR) is 115 cm³/mol. The first-order chi connectivity index (χ1) is 14.3. The average molecular weight is 424 g/mol. The Bertz CT molecular complexity index is 1130. The number of carboxylic acid groups (broad SMARTS) is 1. The summed E-state index contributed by atoms with van der Waals surface area (Å²) < 4.78 is 0. The highest BCUT2D eigenvalue weighted by Gasteiger charge is 2.15. The van der Waals surface area contributed by atoms with Crippen molar-refractivity contribution in [3.05, 3.63) is 77.1 Å². The van der Waals surface area contributed by atoms with Gasteiger partial charge in [0.2, 0.25) is 5.91 Å². The van der Waals surface area contributed by atoms with Crippen LogP contribution in [0.1, 0.15) is 22.5 Å². The van der Waals surface area contributed by atoms with Crippen molar-refractivity contribution in [2.75, 3.05) is 10.6 Å². The zero-order chi connectivity index (χ0) is 21.7. The lowest BCUT2D eigenvalue weighted by Gasteiger charge is -2.11. The summed E-state index contributed by atoms with van der Waals surface area (Å²) in [6.07, 6.45) is 0.00195. The van der Waals surface area contributed by atoms with Gasteiger partial charge in [0.15, 0.2) is 5.78 Å². The number of carbonyl (C=O) groups excluding carboxylic acids is 2. The molecule has 2 amide bonds. The van der Waals surface area contributed by atoms with Crippen LogP contribution in [0.25, 0.3) is 11.1 Å². The molecule has 1 aromatic heterocycles. The molecule has 0 saturated carbocycles. The van der Waals surface area contributed by atoms with Crippen molar-refractivity contribution in [2.24, 2.45) is 0 Å². The number of pyridine rings is 1. The maximum Gasteiger partial charge on any atom is 0.409 e. The summed E-state index contributed by atoms with van der Waals surface area (Å²) >= 11 is 5.93. The molecule has 8 heteroatoms. The molecule has 0 atom stereocenters. The Morgan fingerprint density at radius 3 is 2.53 bits per heavy atom. The van der Waals surface area contributed by atoms with Crippen LogP contribution in [0.4, 0.5) is 16.2 Å². The predicted octanol–water partition coefficient (Wildman–Crippen LogP) is 5.01. The first-order valence-corrected chi connectivity index (χ1v) is 9.36. The zero-order valence-corrected chi connectivity index (χ0v) is 16.7. The molecular formula is C22H18ClN3O4. The van der Waals surface area contributed by atoms with Gasteiger partial charge in [0.1, 0.15) is 0 Å². The topological polar surface area (TPSA) is 108 Å². The standard InChI is InChI=1S/C22H18ClN3O4/c1-13-17(6-3-9-24-13)14-4-2-5-15(10-14)20(27)12-21(28)25-19-11-16(23)7-8-18(19)26-22(29)30/h2-11,26H,12H2,1H3,(H,25,28)(H,29,30). The van der Waals surface area contributed by atoms with Gasteiger partial charge in [0.25, 0.3) is 0 Å². The number of amides is 2. The second-order valence-corrected chi connectivity index (χ2v) is 6.92. The van der Waals surface area contributed by atoms with Crippen molar-refractivity contribution in [3.63, 3.8) is 0 Å². The van der Waals surface area contributed by atoms with Gasteiger partial charge in [-0.05, 0) is 42.8 Å². The summed E-state index contributed by atoms with van der Waals surface area (Å²) in [5, 5.41) is 13.9. The lowest BCUT2D eigenvalue weighted by Crippen LogP contribution is -2.18. The molecule has 3 rings (SSSR count). The fourth-order valence-corrected chi connectivity index (χ4v) is 3.11. The molecule has 0 saturated heterocycles. The van der Waals surface area contributed by atoms with Gasteiger partial charge in [-0.15, -0.1) is 0 Å². The Morgan fingerprint density at radius 2 is 1.80 bits per heavy atom. The summed E-state index contributed by atoms with van der Waals surface area (Å²) in [5.74, 6) is -0.954. The monoisotopic (exact) mass is 423 g/mol. The van der Waals surface area contributed by atoms with Crippen molar-refractivity contribution >= 4 is 40.8 Å². The summed E-state index contributed by atoms with van der Waals surface area (Å²) in [4.78, 5) is 40.2. The van der Waals surface area contributed by atoms with Crippen LogP contribution >= 0.6 is 11.6 Å². The van der Waals surface area contributed by atoms with Crippen LogP contribution in [0.2, 0.25) is 5.02 Å². The fourth-order valence-electron chi connectivity index (χ4n) is 2.94. The number of anilines is 2. The summed E-state index contributed by atoms with van der Waals surface area (Å²) in [5.41, 5.74) is 3.28. The van der Waals surface area contributed by atoms with Crippen LogP contribution < -0.4 is 10.6 Å². The SMILES string of the molecule is Cc1ncccc1-c1cccc(C(=O)CC(=O)Nc2cc(Cl)ccc2NC(=O)O)c1. The number of hydrogen-bond donors (Lipinski definition) is 3. The van der Waals surface area contributed by atoms with Gasteiger partial charge >= 0.3 is 6.09 Å². The van der Waals surface area contributed by atoms with E-state index in [1.54, 1.807) is 24.4 Å². The van der Waals surface area contributed by atoms with Crippen LogP contribution in [-0.2, 0) is 4.79 Å². The maximum atomic E-state index is 12.6. The minimum atomic E-state index is -1.29. The molecule has 30 heavy (non-hydrogen) atoms. The van der Waals surface area contributed by atoms with E-state index in [0.29, 0.717) is 10.6 Å². The number of rotatable bonds is 6. The second-order valence-electron chi connectivity index (χ2n) is 6.49. The third-order valence-corrected chi connectivity index (χ3v) is 4.56. The van der Waals surface area contributed by atoms with Crippen molar-refractivity contribution in [1.29, 1.82) is 0 Å². The number of ketones is 1. The number of carbonyl (C=O) groups is 3. The van der Waals surface area contributed by atoms with Crippen molar-refractivity contribution in [3.8, 4) is 11.1 Å². The van der Waals surface area contributed by atoms with E-state index in [9.17, 15) is 14.4 Å². The van der Waals surface area contributed by atoms with Crippen LogP contribution in [0.15, 0.2) is 60.8 Å². The number of hydrogen-bond acceptors (Lipinski definition) is 4. The molecule has 0 bridgehead atoms. The molecule has 0 aliphatic carbocycles. The number of benzene rings is 2. The number of halogens is 1. The van der Waals surface area contributed by atoms with Gasteiger partial charge in [-0.2, -0.15) is 0 Å². The van der Waals surface area contributed by atoms with Crippen molar-refractivity contribution in [2.45, 2.75) is 13.3 Å². The third-order valence-electron chi connectivity index (χ3n) is 4.32. The summed E-state index contributed by atoms with van der Waals surface area (Å²) in [6.45, 7) is 1.88. The number of Topliss-reactive ketones (excluding diaryl/α,β-unsaturated/α-hetero) is 1. The zero-order valence-electron chi connectivity index (χ0n) is 16.0. The van der Waals surface area contributed by atoms with E-state index in [2.05, 4.69) is 15.6 Å². The van der Waals surface area contributed by atoms with E-state index in [1.165, 1.54) is 18.2 Å². The highest BCUT2D eigenvalue weighted by molar-refractivity contribution is 6.31. The highest BCUT2D eigenvalue weighted by atomic mass is 35.5. The lowest BCUT2D eigenvalue weighted by molar-refractivity contribution is -0.115. The van der Waals surface area contributed by atoms with E-state index in [4.69, 9.17) is 16.7 Å². The Hall–Kier alpha value is -3.71. The van der Waals surface area contributed by atoms with E-state index < -0.39 is 18.4 Å². The molecule has 152 valence electrons. The van der Waals surface area contributed by atoms with Gasteiger partial charge in [-0.1, -0.05) is 35.9 Å². The smallest absolute Gasteiger partial charge is 0.409 e. The van der Waals surface area contributed by atoms with E-state index in [1.807, 2.05) is 25.1 Å². The lowest BCUT2D eigenvalue weighted by atomic mass is 9.99. The van der Waals surface area contributed by atoms with Crippen molar-refractivity contribution in [1.82, 2.24) is 4.98 Å². The minimum Gasteiger partial charge on any atom is -0.465 e. The summed E-state index contributed by atoms with van der Waals surface area (Å²) in [7, 11) is 0. The molecule has 0 unspecified atom stereocenters. The molecule has 1 heterocycles. The molecule has 0 aliphatic rings. The van der Waals surface area contributed by atoms with Gasteiger partial charge in [-0.25, -0.2) is 4.79 Å². The molecule has 0 spiro atoms. The van der Waals surface area contributed by atoms with Gasteiger partial charge < -0.3 is 10.4 Å². The number of nitrogens with zero attached hydrogens (tertiary/aromatic N) is 1. The quantitative estimate of drug-likeness (QED) is 0.381. The number of aromatic nitrogens is 1. The molecule has 0 radical (unpaired) electrons. The fraction of sp³-hybridized carbons (Fsp3) is 0.0909. The average Bonchev–Trinajstić information content (AvgIpc) is 2.70. The minimum absolute atomic E-state index is 0.154. The van der Waals surface area contributed by atoms with E-state index in [0.717, 1.165) is 16.8 Å². The normalized spacial score (nSPS) is 10.3. The molecule has 3 aromatic rings. The second kappa shape index (κ2) is 9.19. The van der Waals surface area contributed by atoms with Crippen LogP contribution in [0.5, 0.6) is 0 Å². The molecule has 2 aromatic carbocycles. The largest absolute Gasteiger partial charge is 0.465 e. The Labute approximate surface area is 177 Å². The maximum absolute atomic E-state index is 12.6. The Morgan fingerprint density at radius 1 is 1.00 bits per heavy atom. The van der Waals surface area contributed by atoms with Gasteiger partial charge in [-0.3, -0.25) is 19.9 Å². The summed E-state index contributed by atoms with van der Waals surface area (Å²) in [6, 6.07) is 15.0. The van der Waals surface area contributed by atoms with E-state index >= 15 is 0 Å². The van der Waals surface area contributed by atoms with Crippen molar-refractivity contribution < 1.29 is 19.5 Å². The Balaban J connectivity index is 1.75. The molecule has 3 N–H and O–H groups in total. The third kappa shape index (κ3) is 5.21. The molecule has 0 fully saturated rings. The van der Waals surface area contributed by atoms with Crippen LogP contribution in [-0.4, -0.2) is 27.9 Å². The van der Waals surface area contributed by atoms with Gasteiger partial charge in [0.05, 0.1) is 17.8 Å². The van der Waals surface area contributed by atoms with E-state index in [-0.39, 0.29) is 17.2 Å². The van der Waals surface area contributed by atoms with Crippen LogP contribution in [0.3, 0.4) is 0 Å². The number of nitrogens with one attached hydrogen (secondary N) is 2. The first kappa shape index (κ1) is 21.0. The van der Waals surface area contributed by atoms with Crippen LogP contribution in [0, 0.1) is 6.92 Å². The number of aryl methyl sites for hydroxylation is 1. The highest BCUT2D eigenvalue weighted by Crippen LogP contribution is 2.27. The molecule has 7 nitrogen and oxygen atoms in total. The first-order valence-electron chi connectivity index (χ1n) is 8.98. The van der Waals surface area contributed by atoms with Gasteiger partial charge in [0, 0.05) is 28.0 Å². The molecule has 0 aliphatic heterocycles. The Kier molecular flexibility index (Phi) is 6.44.